The summed E-state index contributed by atoms with van der Waals surface area (Å²) in [6.07, 6.45) is 3.02. The van der Waals surface area contributed by atoms with Gasteiger partial charge in [-0.15, -0.1) is 0 Å². The Labute approximate surface area is 132 Å². The Balaban J connectivity index is 2.20. The first-order valence-electron chi connectivity index (χ1n) is 8.08. The maximum atomic E-state index is 12.6. The summed E-state index contributed by atoms with van der Waals surface area (Å²) in [5.41, 5.74) is 8.05. The van der Waals surface area contributed by atoms with Crippen molar-refractivity contribution in [3.8, 4) is 6.07 Å². The highest BCUT2D eigenvalue weighted by molar-refractivity contribution is 5.77. The lowest BCUT2D eigenvalue weighted by Crippen LogP contribution is -2.41. The molecule has 5 nitrogen and oxygen atoms in total. The Morgan fingerprint density at radius 1 is 1.55 bits per heavy atom. The quantitative estimate of drug-likeness (QED) is 0.928. The standard InChI is InChI=1S/C17H26N4O/c1-12(2)7-16-15(19)8-14(9-18)21(16)11-17(22)20-6-4-5-13(3)10-20/h8,12-13H,4-7,10-11,19H2,1-3H3. The second kappa shape index (κ2) is 6.87. The van der Waals surface area contributed by atoms with Crippen molar-refractivity contribution in [2.75, 3.05) is 18.8 Å². The van der Waals surface area contributed by atoms with E-state index in [2.05, 4.69) is 26.8 Å². The van der Waals surface area contributed by atoms with Crippen LogP contribution in [0.2, 0.25) is 0 Å². The number of amides is 1. The summed E-state index contributed by atoms with van der Waals surface area (Å²) in [7, 11) is 0. The molecule has 1 aromatic rings. The summed E-state index contributed by atoms with van der Waals surface area (Å²) < 4.78 is 1.80. The number of nitrogens with two attached hydrogens (primary N) is 1. The van der Waals surface area contributed by atoms with E-state index in [0.29, 0.717) is 23.2 Å². The molecule has 1 aliphatic heterocycles. The highest BCUT2D eigenvalue weighted by atomic mass is 16.2. The van der Waals surface area contributed by atoms with Crippen molar-refractivity contribution < 1.29 is 4.79 Å². The number of anilines is 1. The van der Waals surface area contributed by atoms with Crippen molar-refractivity contribution in [3.63, 3.8) is 0 Å². The molecule has 0 aromatic carbocycles. The van der Waals surface area contributed by atoms with Crippen LogP contribution in [0.5, 0.6) is 0 Å². The summed E-state index contributed by atoms with van der Waals surface area (Å²) in [6, 6.07) is 3.84. The second-order valence-corrected chi connectivity index (χ2v) is 6.81. The maximum absolute atomic E-state index is 12.6. The number of carbonyl (C=O) groups excluding carboxylic acids is 1. The first-order valence-corrected chi connectivity index (χ1v) is 8.08. The van der Waals surface area contributed by atoms with Gasteiger partial charge in [-0.2, -0.15) is 5.26 Å². The molecule has 1 amide bonds. The minimum Gasteiger partial charge on any atom is -0.397 e. The van der Waals surface area contributed by atoms with E-state index in [0.717, 1.165) is 31.6 Å². The molecule has 0 radical (unpaired) electrons. The predicted molar refractivity (Wildman–Crippen MR) is 87.1 cm³/mol. The summed E-state index contributed by atoms with van der Waals surface area (Å²) in [5, 5.41) is 9.30. The van der Waals surface area contributed by atoms with Crippen molar-refractivity contribution in [1.29, 1.82) is 5.26 Å². The van der Waals surface area contributed by atoms with E-state index < -0.39 is 0 Å². The fraction of sp³-hybridized carbons (Fsp3) is 0.647. The highest BCUT2D eigenvalue weighted by Gasteiger charge is 2.23. The normalized spacial score (nSPS) is 18.5. The molecule has 2 N–H and O–H groups in total. The number of nitrogens with zero attached hydrogens (tertiary/aromatic N) is 3. The molecule has 0 bridgehead atoms. The van der Waals surface area contributed by atoms with Crippen molar-refractivity contribution >= 4 is 11.6 Å². The molecular formula is C17H26N4O. The van der Waals surface area contributed by atoms with Crippen molar-refractivity contribution in [1.82, 2.24) is 9.47 Å². The molecular weight excluding hydrogens is 276 g/mol. The number of rotatable bonds is 4. The third-order valence-electron chi connectivity index (χ3n) is 4.26. The minimum atomic E-state index is 0.0867. The number of nitrogen functional groups attached to an aromatic ring is 1. The van der Waals surface area contributed by atoms with Crippen molar-refractivity contribution in [3.05, 3.63) is 17.5 Å². The van der Waals surface area contributed by atoms with Crippen molar-refractivity contribution in [2.45, 2.75) is 46.6 Å². The average molecular weight is 302 g/mol. The van der Waals surface area contributed by atoms with Gasteiger partial charge in [-0.25, -0.2) is 0 Å². The lowest BCUT2D eigenvalue weighted by atomic mass is 10.0. The molecule has 2 heterocycles. The van der Waals surface area contributed by atoms with Gasteiger partial charge in [0.05, 0.1) is 5.69 Å². The van der Waals surface area contributed by atoms with Crippen LogP contribution in [0.1, 0.15) is 45.0 Å². The molecule has 1 saturated heterocycles. The van der Waals surface area contributed by atoms with E-state index >= 15 is 0 Å². The number of piperidine rings is 1. The summed E-state index contributed by atoms with van der Waals surface area (Å²) >= 11 is 0. The summed E-state index contributed by atoms with van der Waals surface area (Å²) in [4.78, 5) is 14.5. The molecule has 120 valence electrons. The Hall–Kier alpha value is -1.96. The largest absolute Gasteiger partial charge is 0.397 e. The van der Waals surface area contributed by atoms with E-state index in [9.17, 15) is 10.1 Å². The Morgan fingerprint density at radius 3 is 2.86 bits per heavy atom. The predicted octanol–water partition coefficient (Wildman–Crippen LogP) is 2.40. The van der Waals surface area contributed by atoms with Crippen molar-refractivity contribution in [2.24, 2.45) is 11.8 Å². The molecule has 2 rings (SSSR count). The molecule has 1 atom stereocenters. The summed E-state index contributed by atoms with van der Waals surface area (Å²) in [6.45, 7) is 8.25. The lowest BCUT2D eigenvalue weighted by molar-refractivity contribution is -0.133. The van der Waals surface area contributed by atoms with Crippen LogP contribution in [0.25, 0.3) is 0 Å². The van der Waals surface area contributed by atoms with Gasteiger partial charge in [-0.05, 0) is 37.2 Å². The maximum Gasteiger partial charge on any atom is 0.242 e. The molecule has 0 spiro atoms. The van der Waals surface area contributed by atoms with Gasteiger partial charge in [0.25, 0.3) is 0 Å². The third-order valence-corrected chi connectivity index (χ3v) is 4.26. The zero-order valence-electron chi connectivity index (χ0n) is 13.8. The number of hydrogen-bond donors (Lipinski definition) is 1. The number of nitriles is 1. The first-order chi connectivity index (χ1) is 10.4. The molecule has 5 heteroatoms. The van der Waals surface area contributed by atoms with Crippen LogP contribution in [0.15, 0.2) is 6.07 Å². The zero-order chi connectivity index (χ0) is 16.3. The first kappa shape index (κ1) is 16.4. The smallest absolute Gasteiger partial charge is 0.242 e. The van der Waals surface area contributed by atoms with E-state index in [4.69, 9.17) is 5.73 Å². The van der Waals surface area contributed by atoms with Gasteiger partial charge in [0.2, 0.25) is 5.91 Å². The van der Waals surface area contributed by atoms with Crippen LogP contribution in [0, 0.1) is 23.2 Å². The fourth-order valence-electron chi connectivity index (χ4n) is 3.15. The van der Waals surface area contributed by atoms with E-state index in [1.807, 2.05) is 4.90 Å². The van der Waals surface area contributed by atoms with Crippen LogP contribution in [-0.2, 0) is 17.8 Å². The molecule has 1 aromatic heterocycles. The van der Waals surface area contributed by atoms with Crippen LogP contribution >= 0.6 is 0 Å². The van der Waals surface area contributed by atoms with Gasteiger partial charge in [0, 0.05) is 18.8 Å². The van der Waals surface area contributed by atoms with Gasteiger partial charge in [0.15, 0.2) is 0 Å². The van der Waals surface area contributed by atoms with E-state index in [1.54, 1.807) is 10.6 Å². The average Bonchev–Trinajstić information content (AvgIpc) is 2.75. The highest BCUT2D eigenvalue weighted by Crippen LogP contribution is 2.23. The number of hydrogen-bond acceptors (Lipinski definition) is 3. The van der Waals surface area contributed by atoms with Crippen LogP contribution in [-0.4, -0.2) is 28.5 Å². The monoisotopic (exact) mass is 302 g/mol. The molecule has 22 heavy (non-hydrogen) atoms. The van der Waals surface area contributed by atoms with E-state index in [-0.39, 0.29) is 12.5 Å². The SMILES string of the molecule is CC(C)Cc1c(N)cc(C#N)n1CC(=O)N1CCCC(C)C1. The second-order valence-electron chi connectivity index (χ2n) is 6.81. The Morgan fingerprint density at radius 2 is 2.27 bits per heavy atom. The fourth-order valence-corrected chi connectivity index (χ4v) is 3.15. The third kappa shape index (κ3) is 3.62. The van der Waals surface area contributed by atoms with E-state index in [1.165, 1.54) is 6.42 Å². The van der Waals surface area contributed by atoms with Crippen LogP contribution in [0.4, 0.5) is 5.69 Å². The molecule has 0 aliphatic carbocycles. The molecule has 1 fully saturated rings. The number of carbonyl (C=O) groups is 1. The van der Waals surface area contributed by atoms with Crippen LogP contribution < -0.4 is 5.73 Å². The van der Waals surface area contributed by atoms with Gasteiger partial charge in [-0.1, -0.05) is 20.8 Å². The molecule has 0 saturated carbocycles. The van der Waals surface area contributed by atoms with Gasteiger partial charge >= 0.3 is 0 Å². The van der Waals surface area contributed by atoms with Gasteiger partial charge in [0.1, 0.15) is 18.3 Å². The molecule has 1 aliphatic rings. The Kier molecular flexibility index (Phi) is 5.12. The zero-order valence-corrected chi connectivity index (χ0v) is 13.8. The molecule has 1 unspecified atom stereocenters. The topological polar surface area (TPSA) is 75.0 Å². The lowest BCUT2D eigenvalue weighted by Gasteiger charge is -2.31. The van der Waals surface area contributed by atoms with Gasteiger partial charge in [-0.3, -0.25) is 4.79 Å². The number of likely N-dealkylation sites (tertiary alicyclic amines) is 1. The minimum absolute atomic E-state index is 0.0867. The Bertz CT molecular complexity index is 582. The van der Waals surface area contributed by atoms with Gasteiger partial charge < -0.3 is 15.2 Å². The summed E-state index contributed by atoms with van der Waals surface area (Å²) in [5.74, 6) is 1.06. The number of aromatic nitrogens is 1. The van der Waals surface area contributed by atoms with Crippen LogP contribution in [0.3, 0.4) is 0 Å².